The first kappa shape index (κ1) is 27.3. The minimum absolute atomic E-state index is 0.0775. The zero-order valence-electron chi connectivity index (χ0n) is 20.1. The average Bonchev–Trinajstić information content (AvgIpc) is 2.92. The van der Waals surface area contributed by atoms with E-state index in [4.69, 9.17) is 16.3 Å². The number of hydrogen-bond donors (Lipinski definition) is 3. The number of nitrogens with zero attached hydrogens (tertiary/aromatic N) is 1. The van der Waals surface area contributed by atoms with Crippen LogP contribution in [0.2, 0.25) is 5.02 Å². The molecular formula is C28H25ClN2O6S. The van der Waals surface area contributed by atoms with E-state index in [0.29, 0.717) is 24.5 Å². The third-order valence-corrected chi connectivity index (χ3v) is 7.77. The van der Waals surface area contributed by atoms with Crippen molar-refractivity contribution in [1.29, 1.82) is 0 Å². The lowest BCUT2D eigenvalue weighted by molar-refractivity contribution is 0.0693. The third kappa shape index (κ3) is 6.76. The molecule has 1 heterocycles. The lowest BCUT2D eigenvalue weighted by Gasteiger charge is -2.13. The molecule has 0 bridgehead atoms. The van der Waals surface area contributed by atoms with Crippen LogP contribution in [0, 0.1) is 0 Å². The molecule has 1 aromatic heterocycles. The third-order valence-electron chi connectivity index (χ3n) is 5.75. The highest BCUT2D eigenvalue weighted by atomic mass is 35.5. The molecule has 196 valence electrons. The summed E-state index contributed by atoms with van der Waals surface area (Å²) < 4.78 is 31.7. The van der Waals surface area contributed by atoms with Crippen molar-refractivity contribution >= 4 is 27.4 Å². The number of carbonyl (C=O) groups is 1. The van der Waals surface area contributed by atoms with E-state index in [9.17, 15) is 23.4 Å². The fraction of sp³-hybridized carbons (Fsp3) is 0.143. The Kier molecular flexibility index (Phi) is 8.75. The lowest BCUT2D eigenvalue weighted by atomic mass is 10.1. The molecule has 3 N–H and O–H groups in total. The molecule has 0 saturated carbocycles. The summed E-state index contributed by atoms with van der Waals surface area (Å²) in [5, 5.41) is 23.3. The maximum Gasteiger partial charge on any atom is 0.341 e. The van der Waals surface area contributed by atoms with Gasteiger partial charge in [0.1, 0.15) is 11.3 Å². The summed E-state index contributed by atoms with van der Waals surface area (Å²) in [5.74, 6) is -1.00. The van der Waals surface area contributed by atoms with Crippen LogP contribution in [-0.2, 0) is 16.3 Å². The number of halogens is 1. The van der Waals surface area contributed by atoms with Gasteiger partial charge in [-0.25, -0.2) is 18.2 Å². The van der Waals surface area contributed by atoms with Crippen molar-refractivity contribution in [1.82, 2.24) is 10.3 Å². The number of pyridine rings is 1. The van der Waals surface area contributed by atoms with Gasteiger partial charge in [0.15, 0.2) is 0 Å². The number of sulfone groups is 1. The van der Waals surface area contributed by atoms with Gasteiger partial charge in [0, 0.05) is 17.8 Å². The standard InChI is InChI=1S/C28H25ClN2O6S/c29-21-4-1-3-20(17-21)26(32)18-30-16-14-19-6-10-23(11-7-19)38(35,36)24-12-8-22(9-13-24)37-27-25(28(33)34)5-2-15-31-27/h1-13,15,17,26,30,32H,14,16,18H2,(H,33,34)/t26-/m0/s1. The van der Waals surface area contributed by atoms with Crippen molar-refractivity contribution in [3.8, 4) is 11.6 Å². The Hall–Kier alpha value is -3.76. The van der Waals surface area contributed by atoms with Gasteiger partial charge in [-0.1, -0.05) is 35.9 Å². The summed E-state index contributed by atoms with van der Waals surface area (Å²) >= 11 is 5.97. The van der Waals surface area contributed by atoms with E-state index in [1.165, 1.54) is 42.6 Å². The zero-order chi connectivity index (χ0) is 27.1. The summed E-state index contributed by atoms with van der Waals surface area (Å²) in [4.78, 5) is 15.5. The summed E-state index contributed by atoms with van der Waals surface area (Å²) in [7, 11) is -3.76. The van der Waals surface area contributed by atoms with Crippen LogP contribution in [0.5, 0.6) is 11.6 Å². The number of hydrogen-bond acceptors (Lipinski definition) is 7. The number of aliphatic hydroxyl groups excluding tert-OH is 1. The fourth-order valence-electron chi connectivity index (χ4n) is 3.71. The van der Waals surface area contributed by atoms with E-state index in [1.807, 2.05) is 6.07 Å². The summed E-state index contributed by atoms with van der Waals surface area (Å²) in [6, 6.07) is 22.3. The monoisotopic (exact) mass is 552 g/mol. The summed E-state index contributed by atoms with van der Waals surface area (Å²) in [5.41, 5.74) is 1.58. The van der Waals surface area contributed by atoms with Crippen LogP contribution in [0.3, 0.4) is 0 Å². The minimum Gasteiger partial charge on any atom is -0.477 e. The largest absolute Gasteiger partial charge is 0.477 e. The second-order valence-electron chi connectivity index (χ2n) is 8.41. The van der Waals surface area contributed by atoms with E-state index >= 15 is 0 Å². The lowest BCUT2D eigenvalue weighted by Crippen LogP contribution is -2.23. The van der Waals surface area contributed by atoms with Gasteiger partial charge in [-0.05, 0) is 84.8 Å². The Morgan fingerprint density at radius 1 is 0.974 bits per heavy atom. The topological polar surface area (TPSA) is 126 Å². The van der Waals surface area contributed by atoms with E-state index in [0.717, 1.165) is 11.1 Å². The number of aliphatic hydroxyl groups is 1. The number of ether oxygens (including phenoxy) is 1. The van der Waals surface area contributed by atoms with Gasteiger partial charge in [-0.15, -0.1) is 0 Å². The van der Waals surface area contributed by atoms with Crippen LogP contribution >= 0.6 is 11.6 Å². The Labute approximate surface area is 225 Å². The molecule has 1 atom stereocenters. The molecule has 0 aliphatic carbocycles. The summed E-state index contributed by atoms with van der Waals surface area (Å²) in [6.45, 7) is 0.968. The van der Waals surface area contributed by atoms with Crippen molar-refractivity contribution in [2.45, 2.75) is 22.3 Å². The number of aromatic nitrogens is 1. The number of carboxylic acids is 1. The molecule has 0 saturated heterocycles. The molecule has 8 nitrogen and oxygen atoms in total. The number of rotatable bonds is 11. The van der Waals surface area contributed by atoms with Crippen molar-refractivity contribution in [2.75, 3.05) is 13.1 Å². The highest BCUT2D eigenvalue weighted by Gasteiger charge is 2.18. The zero-order valence-corrected chi connectivity index (χ0v) is 21.7. The number of nitrogens with one attached hydrogen (secondary N) is 1. The van der Waals surface area contributed by atoms with Crippen molar-refractivity contribution < 1.29 is 28.2 Å². The van der Waals surface area contributed by atoms with Crippen molar-refractivity contribution in [3.05, 3.63) is 113 Å². The second kappa shape index (κ2) is 12.2. The second-order valence-corrected chi connectivity index (χ2v) is 10.8. The van der Waals surface area contributed by atoms with Crippen LogP contribution in [0.1, 0.15) is 27.6 Å². The van der Waals surface area contributed by atoms with Gasteiger partial charge < -0.3 is 20.3 Å². The molecule has 38 heavy (non-hydrogen) atoms. The first-order valence-electron chi connectivity index (χ1n) is 11.7. The molecule has 10 heteroatoms. The van der Waals surface area contributed by atoms with E-state index in [1.54, 1.807) is 42.5 Å². The number of aromatic carboxylic acids is 1. The quantitative estimate of drug-likeness (QED) is 0.224. The molecule has 0 spiro atoms. The summed E-state index contributed by atoms with van der Waals surface area (Å²) in [6.07, 6.45) is 1.38. The molecule has 0 amide bonds. The molecule has 0 unspecified atom stereocenters. The molecule has 3 aromatic carbocycles. The van der Waals surface area contributed by atoms with Gasteiger partial charge >= 0.3 is 5.97 Å². The first-order chi connectivity index (χ1) is 18.2. The van der Waals surface area contributed by atoms with Gasteiger partial charge in [0.25, 0.3) is 0 Å². The van der Waals surface area contributed by atoms with E-state index < -0.39 is 21.9 Å². The molecule has 0 fully saturated rings. The molecule has 0 aliphatic rings. The van der Waals surface area contributed by atoms with Crippen molar-refractivity contribution in [2.24, 2.45) is 0 Å². The Balaban J connectivity index is 1.34. The molecule has 0 radical (unpaired) electrons. The van der Waals surface area contributed by atoms with Crippen LogP contribution in [0.25, 0.3) is 0 Å². The smallest absolute Gasteiger partial charge is 0.341 e. The predicted octanol–water partition coefficient (Wildman–Crippen LogP) is 4.92. The Morgan fingerprint density at radius 2 is 1.66 bits per heavy atom. The Bertz CT molecular complexity index is 1510. The van der Waals surface area contributed by atoms with Crippen molar-refractivity contribution in [3.63, 3.8) is 0 Å². The fourth-order valence-corrected chi connectivity index (χ4v) is 5.17. The number of carboxylic acid groups (broad SMARTS) is 1. The van der Waals surface area contributed by atoms with E-state index in [2.05, 4.69) is 10.3 Å². The molecular weight excluding hydrogens is 528 g/mol. The highest BCUT2D eigenvalue weighted by Crippen LogP contribution is 2.27. The Morgan fingerprint density at radius 3 is 2.32 bits per heavy atom. The molecule has 4 rings (SSSR count). The van der Waals surface area contributed by atoms with Gasteiger partial charge in [-0.3, -0.25) is 0 Å². The van der Waals surface area contributed by atoms with Crippen LogP contribution in [0.4, 0.5) is 0 Å². The van der Waals surface area contributed by atoms with Gasteiger partial charge in [0.05, 0.1) is 15.9 Å². The number of benzene rings is 3. The normalized spacial score (nSPS) is 12.2. The molecule has 0 aliphatic heterocycles. The maximum atomic E-state index is 13.1. The predicted molar refractivity (Wildman–Crippen MR) is 143 cm³/mol. The molecule has 4 aromatic rings. The van der Waals surface area contributed by atoms with Crippen LogP contribution in [-0.4, -0.2) is 42.7 Å². The highest BCUT2D eigenvalue weighted by molar-refractivity contribution is 7.91. The van der Waals surface area contributed by atoms with Crippen LogP contribution in [0.15, 0.2) is 101 Å². The minimum atomic E-state index is -3.76. The van der Waals surface area contributed by atoms with E-state index in [-0.39, 0.29) is 27.0 Å². The average molecular weight is 553 g/mol. The van der Waals surface area contributed by atoms with Crippen LogP contribution < -0.4 is 10.1 Å². The van der Waals surface area contributed by atoms with Gasteiger partial charge in [0.2, 0.25) is 15.7 Å². The maximum absolute atomic E-state index is 13.1. The van der Waals surface area contributed by atoms with Gasteiger partial charge in [-0.2, -0.15) is 0 Å². The first-order valence-corrected chi connectivity index (χ1v) is 13.5. The SMILES string of the molecule is O=C(O)c1cccnc1Oc1ccc(S(=O)(=O)c2ccc(CCNC[C@H](O)c3cccc(Cl)c3)cc2)cc1.